The summed E-state index contributed by atoms with van der Waals surface area (Å²) in [5.41, 5.74) is 0.725. The van der Waals surface area contributed by atoms with Crippen molar-refractivity contribution < 1.29 is 33.3 Å². The number of ether oxygens (including phenoxy) is 4. The molecule has 4 rings (SSSR count). The summed E-state index contributed by atoms with van der Waals surface area (Å²) in [5, 5.41) is 0. The van der Waals surface area contributed by atoms with Crippen molar-refractivity contribution >= 4 is 48.6 Å². The number of methoxy groups -OCH3 is 4. The van der Waals surface area contributed by atoms with E-state index < -0.39 is 28.7 Å². The first kappa shape index (κ1) is 23.9. The molecule has 0 N–H and O–H groups in total. The zero-order valence-electron chi connectivity index (χ0n) is 18.7. The Morgan fingerprint density at radius 1 is 1.09 bits per heavy atom. The van der Waals surface area contributed by atoms with Crippen LogP contribution in [0.15, 0.2) is 36.4 Å². The minimum atomic E-state index is -1.06. The molecule has 0 unspecified atom stereocenters. The number of fused-ring (bicyclic) bond motifs is 3. The van der Waals surface area contributed by atoms with E-state index in [1.807, 2.05) is 30.3 Å². The minimum absolute atomic E-state index is 0.0634. The Hall–Kier alpha value is -2.23. The Balaban J connectivity index is 1.87. The first-order valence-electron chi connectivity index (χ1n) is 10.3. The Bertz CT molecular complexity index is 1050. The number of benzene rings is 1. The van der Waals surface area contributed by atoms with E-state index in [0.717, 1.165) is 21.4 Å². The third kappa shape index (κ3) is 4.22. The summed E-state index contributed by atoms with van der Waals surface area (Å²) >= 11 is 0.883. The molecule has 176 valence electrons. The quantitative estimate of drug-likeness (QED) is 0.328. The number of thiophene rings is 1. The van der Waals surface area contributed by atoms with Crippen molar-refractivity contribution in [1.82, 2.24) is 4.90 Å². The summed E-state index contributed by atoms with van der Waals surface area (Å²) in [5.74, 6) is -1.90. The molecule has 2 heterocycles. The molecule has 1 aromatic heterocycles. The van der Waals surface area contributed by atoms with Crippen LogP contribution >= 0.6 is 11.3 Å². The molecular formula is C23H25NO7SSe. The van der Waals surface area contributed by atoms with Crippen molar-refractivity contribution in [2.24, 2.45) is 0 Å². The van der Waals surface area contributed by atoms with Crippen LogP contribution in [0.5, 0.6) is 0 Å². The molecule has 2 aromatic rings. The van der Waals surface area contributed by atoms with Gasteiger partial charge in [0.25, 0.3) is 0 Å². The Kier molecular flexibility index (Phi) is 6.93. The number of carbonyl (C=O) groups excluding carboxylic acids is 3. The average Bonchev–Trinajstić information content (AvgIpc) is 3.31. The van der Waals surface area contributed by atoms with E-state index >= 15 is 0 Å². The van der Waals surface area contributed by atoms with Crippen molar-refractivity contribution in [1.29, 1.82) is 0 Å². The van der Waals surface area contributed by atoms with E-state index in [1.165, 1.54) is 28.4 Å². The number of amides is 1. The maximum atomic E-state index is 13.8. The monoisotopic (exact) mass is 539 g/mol. The van der Waals surface area contributed by atoms with Gasteiger partial charge in [-0.1, -0.05) is 0 Å². The van der Waals surface area contributed by atoms with Gasteiger partial charge in [0.2, 0.25) is 0 Å². The Morgan fingerprint density at radius 2 is 1.79 bits per heavy atom. The molecule has 10 heteroatoms. The third-order valence-electron chi connectivity index (χ3n) is 6.21. The molecule has 1 aliphatic heterocycles. The molecule has 1 saturated heterocycles. The number of Topliss-reactive ketones (excluding diaryl/α,β-unsaturated/α-hetero) is 1. The number of ketones is 1. The van der Waals surface area contributed by atoms with Crippen LogP contribution < -0.4 is 4.46 Å². The molecule has 0 spiro atoms. The first-order valence-corrected chi connectivity index (χ1v) is 13.0. The topological polar surface area (TPSA) is 91.4 Å². The summed E-state index contributed by atoms with van der Waals surface area (Å²) in [6, 6.07) is 11.1. The van der Waals surface area contributed by atoms with Gasteiger partial charge in [0.05, 0.1) is 0 Å². The fraction of sp³-hybridized carbons (Fsp3) is 0.435. The van der Waals surface area contributed by atoms with Gasteiger partial charge in [0, 0.05) is 0 Å². The van der Waals surface area contributed by atoms with Crippen LogP contribution in [0.3, 0.4) is 0 Å². The van der Waals surface area contributed by atoms with Gasteiger partial charge in [-0.3, -0.25) is 0 Å². The van der Waals surface area contributed by atoms with Crippen LogP contribution in [0.2, 0.25) is 4.82 Å². The molecule has 8 nitrogen and oxygen atoms in total. The predicted octanol–water partition coefficient (Wildman–Crippen LogP) is 2.46. The van der Waals surface area contributed by atoms with Crippen LogP contribution in [0.4, 0.5) is 4.79 Å². The SMILES string of the molecule is COC(=O)c1cc2c(s1)C(=O)[C@@H]([Se]c1ccccc1)[C@H]1[C@@H]2CC(OC)(OC)CN1C(=O)OC. The molecule has 33 heavy (non-hydrogen) atoms. The van der Waals surface area contributed by atoms with Crippen LogP contribution in [0, 0.1) is 0 Å². The van der Waals surface area contributed by atoms with Crippen molar-refractivity contribution in [2.45, 2.75) is 29.0 Å². The van der Waals surface area contributed by atoms with Crippen molar-refractivity contribution in [2.75, 3.05) is 35.0 Å². The fourth-order valence-corrected chi connectivity index (χ4v) is 8.62. The molecule has 0 saturated carbocycles. The number of likely N-dealkylation sites (tertiary alicyclic amines) is 1. The second kappa shape index (κ2) is 9.56. The third-order valence-corrected chi connectivity index (χ3v) is 10.1. The van der Waals surface area contributed by atoms with E-state index in [4.69, 9.17) is 18.9 Å². The van der Waals surface area contributed by atoms with E-state index in [-0.39, 0.29) is 33.2 Å². The maximum absolute atomic E-state index is 13.8. The number of esters is 1. The molecule has 1 amide bonds. The normalized spacial score (nSPS) is 23.5. The molecule has 1 aliphatic carbocycles. The van der Waals surface area contributed by atoms with E-state index in [9.17, 15) is 14.4 Å². The molecule has 1 fully saturated rings. The average molecular weight is 538 g/mol. The second-order valence-electron chi connectivity index (χ2n) is 7.82. The van der Waals surface area contributed by atoms with Gasteiger partial charge in [0.15, 0.2) is 0 Å². The van der Waals surface area contributed by atoms with Gasteiger partial charge >= 0.3 is 203 Å². The first-order chi connectivity index (χ1) is 15.9. The number of nitrogens with zero attached hydrogens (tertiary/aromatic N) is 1. The summed E-state index contributed by atoms with van der Waals surface area (Å²) in [4.78, 5) is 41.0. The van der Waals surface area contributed by atoms with Gasteiger partial charge in [-0.25, -0.2) is 0 Å². The summed E-state index contributed by atoms with van der Waals surface area (Å²) in [6.45, 7) is 0.131. The van der Waals surface area contributed by atoms with Crippen LogP contribution in [-0.4, -0.2) is 84.5 Å². The Morgan fingerprint density at radius 3 is 2.39 bits per heavy atom. The van der Waals surface area contributed by atoms with Crippen LogP contribution in [0.25, 0.3) is 0 Å². The van der Waals surface area contributed by atoms with Gasteiger partial charge in [-0.15, -0.1) is 0 Å². The molecule has 0 bridgehead atoms. The zero-order valence-corrected chi connectivity index (χ0v) is 21.3. The summed E-state index contributed by atoms with van der Waals surface area (Å²) in [6.07, 6.45) is -0.117. The summed E-state index contributed by atoms with van der Waals surface area (Å²) in [7, 11) is 5.70. The zero-order chi connectivity index (χ0) is 23.8. The fourth-order valence-electron chi connectivity index (χ4n) is 4.58. The Labute approximate surface area is 202 Å². The molecule has 2 aliphatic rings. The second-order valence-corrected chi connectivity index (χ2v) is 11.4. The molecule has 1 aromatic carbocycles. The predicted molar refractivity (Wildman–Crippen MR) is 123 cm³/mol. The van der Waals surface area contributed by atoms with E-state index in [1.54, 1.807) is 11.0 Å². The van der Waals surface area contributed by atoms with E-state index in [0.29, 0.717) is 16.2 Å². The number of piperidine rings is 1. The van der Waals surface area contributed by atoms with Crippen LogP contribution in [0.1, 0.15) is 37.2 Å². The number of carbonyl (C=O) groups is 3. The standard InChI is InChI=1S/C23H25NO7SSe/c1-28-21(26)16-10-14-15-11-23(30-3,31-4)12-24(22(27)29-2)17(15)20(18(25)19(14)32-16)33-13-8-6-5-7-9-13/h5-10,15,17,20H,11-12H2,1-4H3/t15-,17-,20+/m1/s1. The number of hydrogen-bond acceptors (Lipinski definition) is 8. The van der Waals surface area contributed by atoms with Crippen molar-refractivity contribution in [3.05, 3.63) is 51.7 Å². The van der Waals surface area contributed by atoms with Crippen LogP contribution in [-0.2, 0) is 18.9 Å². The van der Waals surface area contributed by atoms with Gasteiger partial charge in [-0.2, -0.15) is 0 Å². The van der Waals surface area contributed by atoms with Gasteiger partial charge in [-0.05, 0) is 0 Å². The molecular weight excluding hydrogens is 513 g/mol. The van der Waals surface area contributed by atoms with E-state index in [2.05, 4.69) is 0 Å². The number of hydrogen-bond donors (Lipinski definition) is 0. The van der Waals surface area contributed by atoms with Crippen molar-refractivity contribution in [3.8, 4) is 0 Å². The molecule has 0 radical (unpaired) electrons. The van der Waals surface area contributed by atoms with Crippen molar-refractivity contribution in [3.63, 3.8) is 0 Å². The molecule has 3 atom stereocenters. The summed E-state index contributed by atoms with van der Waals surface area (Å²) < 4.78 is 22.5. The number of rotatable bonds is 5. The van der Waals surface area contributed by atoms with Gasteiger partial charge < -0.3 is 0 Å². The van der Waals surface area contributed by atoms with Gasteiger partial charge in [0.1, 0.15) is 0 Å².